The van der Waals surface area contributed by atoms with Gasteiger partial charge in [-0.15, -0.1) is 0 Å². The molecule has 1 fully saturated rings. The molecule has 0 N–H and O–H groups in total. The standard InChI is InChI=1S/C16H15ClN4O4S3/c17-12-4-6-13(7-5-12)27(22,23)20-8-10-21(11-9-20)28(24,25)15-3-1-2-14-16(15)19-26-18-14/h1-7H,8-11H2. The highest BCUT2D eigenvalue weighted by Crippen LogP contribution is 2.26. The van der Waals surface area contributed by atoms with Crippen molar-refractivity contribution < 1.29 is 16.8 Å². The first-order chi connectivity index (χ1) is 13.3. The van der Waals surface area contributed by atoms with E-state index in [-0.39, 0.29) is 36.0 Å². The summed E-state index contributed by atoms with van der Waals surface area (Å²) in [5.74, 6) is 0. The second-order valence-electron chi connectivity index (χ2n) is 6.15. The smallest absolute Gasteiger partial charge is 0.207 e. The van der Waals surface area contributed by atoms with E-state index in [4.69, 9.17) is 11.6 Å². The molecule has 1 aliphatic heterocycles. The fraction of sp³-hybridized carbons (Fsp3) is 0.250. The fourth-order valence-electron chi connectivity index (χ4n) is 3.03. The van der Waals surface area contributed by atoms with Gasteiger partial charge in [0.05, 0.1) is 16.6 Å². The summed E-state index contributed by atoms with van der Waals surface area (Å²) in [6.07, 6.45) is 0. The molecule has 0 bridgehead atoms. The number of hydrogen-bond donors (Lipinski definition) is 0. The summed E-state index contributed by atoms with van der Waals surface area (Å²) in [4.78, 5) is 0.222. The summed E-state index contributed by atoms with van der Waals surface area (Å²) < 4.78 is 62.3. The van der Waals surface area contributed by atoms with Crippen molar-refractivity contribution in [2.75, 3.05) is 26.2 Å². The number of rotatable bonds is 4. The lowest BCUT2D eigenvalue weighted by Crippen LogP contribution is -2.50. The first-order valence-corrected chi connectivity index (χ1v) is 12.3. The quantitative estimate of drug-likeness (QED) is 0.593. The maximum Gasteiger partial charge on any atom is 0.245 e. The lowest BCUT2D eigenvalue weighted by atomic mass is 10.3. The molecule has 0 radical (unpaired) electrons. The van der Waals surface area contributed by atoms with Crippen LogP contribution in [0.2, 0.25) is 5.02 Å². The van der Waals surface area contributed by atoms with E-state index in [2.05, 4.69) is 8.75 Å². The Balaban J connectivity index is 1.55. The molecule has 0 unspecified atom stereocenters. The minimum atomic E-state index is -3.80. The second kappa shape index (κ2) is 7.32. The van der Waals surface area contributed by atoms with Gasteiger partial charge >= 0.3 is 0 Å². The maximum absolute atomic E-state index is 13.0. The van der Waals surface area contributed by atoms with Crippen molar-refractivity contribution in [3.8, 4) is 0 Å². The number of fused-ring (bicyclic) bond motifs is 1. The average molecular weight is 459 g/mol. The van der Waals surface area contributed by atoms with Crippen LogP contribution in [0.15, 0.2) is 52.3 Å². The molecule has 1 aliphatic rings. The van der Waals surface area contributed by atoms with Gasteiger partial charge in [0.2, 0.25) is 20.0 Å². The molecule has 1 aromatic heterocycles. The third-order valence-electron chi connectivity index (χ3n) is 4.52. The van der Waals surface area contributed by atoms with Crippen LogP contribution in [0, 0.1) is 0 Å². The van der Waals surface area contributed by atoms with Crippen LogP contribution in [0.25, 0.3) is 11.0 Å². The first-order valence-electron chi connectivity index (χ1n) is 8.27. The minimum Gasteiger partial charge on any atom is -0.207 e. The van der Waals surface area contributed by atoms with E-state index in [0.29, 0.717) is 16.1 Å². The number of benzene rings is 2. The normalized spacial score (nSPS) is 17.2. The van der Waals surface area contributed by atoms with E-state index in [9.17, 15) is 16.8 Å². The maximum atomic E-state index is 13.0. The van der Waals surface area contributed by atoms with Crippen LogP contribution in [0.5, 0.6) is 0 Å². The lowest BCUT2D eigenvalue weighted by molar-refractivity contribution is 0.273. The van der Waals surface area contributed by atoms with Gasteiger partial charge in [-0.3, -0.25) is 0 Å². The van der Waals surface area contributed by atoms with Gasteiger partial charge in [0, 0.05) is 31.2 Å². The zero-order chi connectivity index (χ0) is 19.9. The van der Waals surface area contributed by atoms with Gasteiger partial charge < -0.3 is 0 Å². The number of halogens is 1. The van der Waals surface area contributed by atoms with Crippen molar-refractivity contribution in [2.45, 2.75) is 9.79 Å². The number of nitrogens with zero attached hydrogens (tertiary/aromatic N) is 4. The van der Waals surface area contributed by atoms with Gasteiger partial charge in [-0.2, -0.15) is 17.4 Å². The fourth-order valence-corrected chi connectivity index (χ4v) is 6.76. The van der Waals surface area contributed by atoms with Gasteiger partial charge in [-0.05, 0) is 36.4 Å². The van der Waals surface area contributed by atoms with Crippen LogP contribution in [-0.2, 0) is 20.0 Å². The molecule has 8 nitrogen and oxygen atoms in total. The van der Waals surface area contributed by atoms with Crippen LogP contribution in [0.3, 0.4) is 0 Å². The van der Waals surface area contributed by atoms with Crippen LogP contribution in [0.1, 0.15) is 0 Å². The number of sulfonamides is 2. The Hall–Kier alpha value is -1.63. The monoisotopic (exact) mass is 458 g/mol. The van der Waals surface area contributed by atoms with E-state index in [1.54, 1.807) is 12.1 Å². The van der Waals surface area contributed by atoms with Gasteiger partial charge in [0.15, 0.2) is 0 Å². The zero-order valence-corrected chi connectivity index (χ0v) is 17.6. The lowest BCUT2D eigenvalue weighted by Gasteiger charge is -2.33. The summed E-state index contributed by atoms with van der Waals surface area (Å²) in [5, 5.41) is 0.445. The Labute approximate surface area is 171 Å². The van der Waals surface area contributed by atoms with Crippen molar-refractivity contribution in [1.82, 2.24) is 17.4 Å². The first kappa shape index (κ1) is 19.7. The second-order valence-corrected chi connectivity index (χ2v) is 11.0. The van der Waals surface area contributed by atoms with Crippen molar-refractivity contribution in [3.63, 3.8) is 0 Å². The molecule has 148 valence electrons. The molecule has 3 aromatic rings. The van der Waals surface area contributed by atoms with Gasteiger partial charge in [0.25, 0.3) is 0 Å². The summed E-state index contributed by atoms with van der Waals surface area (Å²) in [6.45, 7) is 0.247. The van der Waals surface area contributed by atoms with E-state index in [1.807, 2.05) is 0 Å². The molecule has 0 aliphatic carbocycles. The Morgan fingerprint density at radius 2 is 1.43 bits per heavy atom. The molecule has 4 rings (SSSR count). The zero-order valence-electron chi connectivity index (χ0n) is 14.4. The van der Waals surface area contributed by atoms with E-state index >= 15 is 0 Å². The van der Waals surface area contributed by atoms with Crippen LogP contribution < -0.4 is 0 Å². The summed E-state index contributed by atoms with van der Waals surface area (Å²) in [5.41, 5.74) is 0.860. The highest BCUT2D eigenvalue weighted by atomic mass is 35.5. The minimum absolute atomic E-state index is 0.0586. The predicted molar refractivity (Wildman–Crippen MR) is 106 cm³/mol. The van der Waals surface area contributed by atoms with E-state index in [1.165, 1.54) is 38.9 Å². The molecular weight excluding hydrogens is 444 g/mol. The van der Waals surface area contributed by atoms with Gasteiger partial charge in [-0.25, -0.2) is 16.8 Å². The van der Waals surface area contributed by atoms with Crippen LogP contribution >= 0.6 is 23.3 Å². The Morgan fingerprint density at radius 3 is 2.07 bits per heavy atom. The summed E-state index contributed by atoms with van der Waals surface area (Å²) in [7, 11) is -7.50. The molecule has 2 aromatic carbocycles. The van der Waals surface area contributed by atoms with Crippen molar-refractivity contribution >= 4 is 54.4 Å². The number of aromatic nitrogens is 2. The molecule has 2 heterocycles. The Morgan fingerprint density at radius 1 is 0.821 bits per heavy atom. The Kier molecular flexibility index (Phi) is 5.14. The largest absolute Gasteiger partial charge is 0.245 e. The van der Waals surface area contributed by atoms with E-state index < -0.39 is 20.0 Å². The third-order valence-corrected chi connectivity index (χ3v) is 9.15. The molecular formula is C16H15ClN4O4S3. The average Bonchev–Trinajstić information content (AvgIpc) is 3.17. The van der Waals surface area contributed by atoms with Crippen molar-refractivity contribution in [1.29, 1.82) is 0 Å². The van der Waals surface area contributed by atoms with Crippen molar-refractivity contribution in [3.05, 3.63) is 47.5 Å². The molecule has 0 amide bonds. The van der Waals surface area contributed by atoms with Crippen LogP contribution in [0.4, 0.5) is 0 Å². The molecule has 0 spiro atoms. The van der Waals surface area contributed by atoms with Crippen LogP contribution in [-0.4, -0.2) is 60.4 Å². The molecule has 1 saturated heterocycles. The summed E-state index contributed by atoms with van der Waals surface area (Å²) >= 11 is 6.77. The molecule has 12 heteroatoms. The SMILES string of the molecule is O=S(=O)(c1ccc(Cl)cc1)N1CCN(S(=O)(=O)c2cccc3nsnc23)CC1. The summed E-state index contributed by atoms with van der Waals surface area (Å²) in [6, 6.07) is 10.7. The van der Waals surface area contributed by atoms with Gasteiger partial charge in [0.1, 0.15) is 15.9 Å². The molecule has 0 saturated carbocycles. The Bertz CT molecular complexity index is 1220. The topological polar surface area (TPSA) is 101 Å². The molecule has 28 heavy (non-hydrogen) atoms. The third kappa shape index (κ3) is 3.42. The highest BCUT2D eigenvalue weighted by Gasteiger charge is 2.34. The number of piperazine rings is 1. The van der Waals surface area contributed by atoms with E-state index in [0.717, 1.165) is 11.7 Å². The predicted octanol–water partition coefficient (Wildman–Crippen LogP) is 2.04. The van der Waals surface area contributed by atoms with Crippen molar-refractivity contribution in [2.24, 2.45) is 0 Å². The highest BCUT2D eigenvalue weighted by molar-refractivity contribution is 7.89. The molecule has 0 atom stereocenters. The number of hydrogen-bond acceptors (Lipinski definition) is 7. The van der Waals surface area contributed by atoms with Gasteiger partial charge in [-0.1, -0.05) is 17.7 Å².